The van der Waals surface area contributed by atoms with Crippen molar-refractivity contribution in [1.29, 1.82) is 0 Å². The molecule has 0 aliphatic carbocycles. The lowest BCUT2D eigenvalue weighted by Gasteiger charge is -2.14. The molecule has 0 heterocycles. The number of carbonyl (C=O) groups excluding carboxylic acids is 2. The summed E-state index contributed by atoms with van der Waals surface area (Å²) in [5.41, 5.74) is 0. The zero-order chi connectivity index (χ0) is 21.6. The number of rotatable bonds is 21. The second-order valence-corrected chi connectivity index (χ2v) is 8.42. The van der Waals surface area contributed by atoms with Crippen LogP contribution in [0.2, 0.25) is 0 Å². The van der Waals surface area contributed by atoms with Gasteiger partial charge in [-0.15, -0.1) is 0 Å². The molecule has 0 spiro atoms. The van der Waals surface area contributed by atoms with Gasteiger partial charge in [-0.1, -0.05) is 116 Å². The molecule has 0 saturated carbocycles. The SMILES string of the molecule is CCCCCCCCCCCCCCCCCCCCC(OC(C)=O)C(=O)OC. The highest BCUT2D eigenvalue weighted by atomic mass is 16.6. The highest BCUT2D eigenvalue weighted by Crippen LogP contribution is 2.15. The fourth-order valence-corrected chi connectivity index (χ4v) is 3.79. The van der Waals surface area contributed by atoms with E-state index in [4.69, 9.17) is 4.74 Å². The highest BCUT2D eigenvalue weighted by molar-refractivity contribution is 5.78. The number of methoxy groups -OCH3 is 1. The Labute approximate surface area is 180 Å². The van der Waals surface area contributed by atoms with Gasteiger partial charge >= 0.3 is 11.9 Å². The molecular formula is C25H48O4. The summed E-state index contributed by atoms with van der Waals surface area (Å²) in [6.07, 6.45) is 23.8. The molecule has 0 N–H and O–H groups in total. The van der Waals surface area contributed by atoms with Gasteiger partial charge in [0.05, 0.1) is 7.11 Å². The second-order valence-electron chi connectivity index (χ2n) is 8.42. The van der Waals surface area contributed by atoms with Crippen molar-refractivity contribution in [2.75, 3.05) is 7.11 Å². The van der Waals surface area contributed by atoms with Crippen molar-refractivity contribution in [3.8, 4) is 0 Å². The van der Waals surface area contributed by atoms with Crippen LogP contribution in [0, 0.1) is 0 Å². The van der Waals surface area contributed by atoms with E-state index >= 15 is 0 Å². The fourth-order valence-electron chi connectivity index (χ4n) is 3.79. The van der Waals surface area contributed by atoms with Crippen LogP contribution in [0.15, 0.2) is 0 Å². The number of esters is 2. The molecule has 0 rings (SSSR count). The predicted molar refractivity (Wildman–Crippen MR) is 121 cm³/mol. The third-order valence-corrected chi connectivity index (χ3v) is 5.59. The number of hydrogen-bond acceptors (Lipinski definition) is 4. The number of unbranched alkanes of at least 4 members (excludes halogenated alkanes) is 17. The van der Waals surface area contributed by atoms with Gasteiger partial charge in [0.2, 0.25) is 0 Å². The van der Waals surface area contributed by atoms with Crippen molar-refractivity contribution in [3.63, 3.8) is 0 Å². The standard InChI is InChI=1S/C25H48O4/c1-4-5-6-7-8-9-10-11-12-13-14-15-16-17-18-19-20-21-22-24(25(27)28-3)29-23(2)26/h24H,4-22H2,1-3H3. The quantitative estimate of drug-likeness (QED) is 0.144. The fraction of sp³-hybridized carbons (Fsp3) is 0.920. The lowest BCUT2D eigenvalue weighted by atomic mass is 10.0. The largest absolute Gasteiger partial charge is 0.466 e. The lowest BCUT2D eigenvalue weighted by molar-refractivity contribution is -0.165. The molecule has 1 unspecified atom stereocenters. The summed E-state index contributed by atoms with van der Waals surface area (Å²) in [4.78, 5) is 22.6. The maximum absolute atomic E-state index is 11.6. The molecule has 29 heavy (non-hydrogen) atoms. The minimum atomic E-state index is -0.737. The first kappa shape index (κ1) is 27.9. The molecule has 0 radical (unpaired) electrons. The average molecular weight is 413 g/mol. The normalized spacial score (nSPS) is 12.0. The molecule has 4 heteroatoms. The molecule has 0 aliphatic heterocycles. The molecule has 0 amide bonds. The van der Waals surface area contributed by atoms with Crippen molar-refractivity contribution < 1.29 is 19.1 Å². The van der Waals surface area contributed by atoms with E-state index in [0.29, 0.717) is 6.42 Å². The van der Waals surface area contributed by atoms with Crippen molar-refractivity contribution in [2.24, 2.45) is 0 Å². The third-order valence-electron chi connectivity index (χ3n) is 5.59. The van der Waals surface area contributed by atoms with Crippen LogP contribution in [0.4, 0.5) is 0 Å². The molecule has 0 aromatic rings. The van der Waals surface area contributed by atoms with Crippen LogP contribution in [-0.4, -0.2) is 25.2 Å². The minimum Gasteiger partial charge on any atom is -0.466 e. The van der Waals surface area contributed by atoms with E-state index < -0.39 is 18.0 Å². The molecule has 0 aliphatic rings. The second kappa shape index (κ2) is 21.6. The smallest absolute Gasteiger partial charge is 0.347 e. The predicted octanol–water partition coefficient (Wildman–Crippen LogP) is 7.52. The van der Waals surface area contributed by atoms with E-state index in [1.807, 2.05) is 0 Å². The van der Waals surface area contributed by atoms with Gasteiger partial charge in [0.15, 0.2) is 6.10 Å². The van der Waals surface area contributed by atoms with Crippen molar-refractivity contribution >= 4 is 11.9 Å². The molecule has 4 nitrogen and oxygen atoms in total. The van der Waals surface area contributed by atoms with Gasteiger partial charge in [-0.25, -0.2) is 4.79 Å². The number of carbonyl (C=O) groups is 2. The van der Waals surface area contributed by atoms with Gasteiger partial charge in [0.1, 0.15) is 0 Å². The van der Waals surface area contributed by atoms with Crippen LogP contribution in [0.5, 0.6) is 0 Å². The summed E-state index contributed by atoms with van der Waals surface area (Å²) in [6, 6.07) is 0. The van der Waals surface area contributed by atoms with Gasteiger partial charge < -0.3 is 9.47 Å². The van der Waals surface area contributed by atoms with Crippen molar-refractivity contribution in [2.45, 2.75) is 142 Å². The van der Waals surface area contributed by atoms with Crippen LogP contribution in [0.1, 0.15) is 136 Å². The van der Waals surface area contributed by atoms with Gasteiger partial charge in [-0.2, -0.15) is 0 Å². The molecule has 1 atom stereocenters. The van der Waals surface area contributed by atoms with Crippen LogP contribution in [-0.2, 0) is 19.1 Å². The van der Waals surface area contributed by atoms with E-state index in [2.05, 4.69) is 11.7 Å². The highest BCUT2D eigenvalue weighted by Gasteiger charge is 2.21. The zero-order valence-corrected chi connectivity index (χ0v) is 19.6. The van der Waals surface area contributed by atoms with E-state index in [0.717, 1.165) is 12.8 Å². The third kappa shape index (κ3) is 20.0. The molecule has 0 saturated heterocycles. The Morgan fingerprint density at radius 3 is 1.28 bits per heavy atom. The molecule has 0 aromatic carbocycles. The summed E-state index contributed by atoms with van der Waals surface area (Å²) in [6.45, 7) is 3.60. The Kier molecular flexibility index (Phi) is 20.9. The molecular weight excluding hydrogens is 364 g/mol. The van der Waals surface area contributed by atoms with E-state index in [1.54, 1.807) is 0 Å². The van der Waals surface area contributed by atoms with Gasteiger partial charge in [0.25, 0.3) is 0 Å². The first-order valence-corrected chi connectivity index (χ1v) is 12.4. The van der Waals surface area contributed by atoms with E-state index in [9.17, 15) is 9.59 Å². The molecule has 0 aromatic heterocycles. The van der Waals surface area contributed by atoms with Crippen molar-refractivity contribution in [1.82, 2.24) is 0 Å². The lowest BCUT2D eigenvalue weighted by Crippen LogP contribution is -2.27. The first-order valence-electron chi connectivity index (χ1n) is 12.4. The van der Waals surface area contributed by atoms with E-state index in [1.165, 1.54) is 117 Å². The van der Waals surface area contributed by atoms with Crippen LogP contribution in [0.25, 0.3) is 0 Å². The van der Waals surface area contributed by atoms with Crippen LogP contribution < -0.4 is 0 Å². The summed E-state index contributed by atoms with van der Waals surface area (Å²) >= 11 is 0. The van der Waals surface area contributed by atoms with Gasteiger partial charge in [-0.05, 0) is 12.8 Å². The Morgan fingerprint density at radius 2 is 0.966 bits per heavy atom. The van der Waals surface area contributed by atoms with Crippen LogP contribution in [0.3, 0.4) is 0 Å². The molecule has 172 valence electrons. The van der Waals surface area contributed by atoms with Gasteiger partial charge in [-0.3, -0.25) is 4.79 Å². The summed E-state index contributed by atoms with van der Waals surface area (Å²) in [7, 11) is 1.33. The summed E-state index contributed by atoms with van der Waals surface area (Å²) in [5.74, 6) is -0.880. The zero-order valence-electron chi connectivity index (χ0n) is 19.6. The van der Waals surface area contributed by atoms with E-state index in [-0.39, 0.29) is 0 Å². The summed E-state index contributed by atoms with van der Waals surface area (Å²) < 4.78 is 9.71. The number of hydrogen-bond donors (Lipinski definition) is 0. The monoisotopic (exact) mass is 412 g/mol. The summed E-state index contributed by atoms with van der Waals surface area (Å²) in [5, 5.41) is 0. The Bertz CT molecular complexity index is 381. The maximum atomic E-state index is 11.6. The Morgan fingerprint density at radius 1 is 0.621 bits per heavy atom. The Balaban J connectivity index is 3.31. The molecule has 0 fully saturated rings. The maximum Gasteiger partial charge on any atom is 0.347 e. The first-order chi connectivity index (χ1) is 14.1. The van der Waals surface area contributed by atoms with Crippen LogP contribution >= 0.6 is 0 Å². The molecule has 0 bridgehead atoms. The topological polar surface area (TPSA) is 52.6 Å². The average Bonchev–Trinajstić information content (AvgIpc) is 2.71. The Hall–Kier alpha value is -1.06. The van der Waals surface area contributed by atoms with Crippen molar-refractivity contribution in [3.05, 3.63) is 0 Å². The number of ether oxygens (including phenoxy) is 2. The van der Waals surface area contributed by atoms with Gasteiger partial charge in [0, 0.05) is 6.92 Å². The minimum absolute atomic E-state index is 0.428.